The van der Waals surface area contributed by atoms with Crippen LogP contribution in [-0.2, 0) is 23.9 Å². The number of amides is 3. The second-order valence-corrected chi connectivity index (χ2v) is 8.90. The minimum atomic E-state index is -1.24. The molecule has 1 aromatic carbocycles. The van der Waals surface area contributed by atoms with Crippen molar-refractivity contribution < 1.29 is 28.7 Å². The first kappa shape index (κ1) is 28.5. The number of carbonyl (C=O) groups excluding carboxylic acids is 4. The molecule has 1 aromatic rings. The number of nitrogens with one attached hydrogen (secondary N) is 2. The number of terminal acetylenes is 1. The molecule has 0 aliphatic rings. The number of esters is 1. The van der Waals surface area contributed by atoms with E-state index in [0.29, 0.717) is 17.5 Å². The van der Waals surface area contributed by atoms with Crippen LogP contribution < -0.4 is 10.6 Å². The smallest absolute Gasteiger partial charge is 0.408 e. The fourth-order valence-electron chi connectivity index (χ4n) is 3.15. The number of hydrogen-bond acceptors (Lipinski definition) is 6. The molecule has 3 atom stereocenters. The largest absolute Gasteiger partial charge is 0.468 e. The van der Waals surface area contributed by atoms with Gasteiger partial charge in [0.15, 0.2) is 0 Å². The van der Waals surface area contributed by atoms with Crippen molar-refractivity contribution in [2.24, 2.45) is 5.92 Å². The molecule has 9 heteroatoms. The van der Waals surface area contributed by atoms with Gasteiger partial charge in [-0.25, -0.2) is 4.79 Å². The molecule has 3 unspecified atom stereocenters. The number of benzene rings is 1. The second-order valence-electron chi connectivity index (χ2n) is 8.90. The highest BCUT2D eigenvalue weighted by Crippen LogP contribution is 2.26. The zero-order valence-corrected chi connectivity index (χ0v) is 20.9. The first-order valence-electron chi connectivity index (χ1n) is 11.0. The molecule has 34 heavy (non-hydrogen) atoms. The Kier molecular flexibility index (Phi) is 10.6. The molecule has 3 amide bonds. The summed E-state index contributed by atoms with van der Waals surface area (Å²) < 4.78 is 9.89. The highest BCUT2D eigenvalue weighted by molar-refractivity contribution is 5.94. The van der Waals surface area contributed by atoms with Crippen LogP contribution in [0.2, 0.25) is 0 Å². The molecule has 2 N–H and O–H groups in total. The molecule has 0 saturated heterocycles. The van der Waals surface area contributed by atoms with Gasteiger partial charge in [-0.3, -0.25) is 19.3 Å². The molecular weight excluding hydrogens is 438 g/mol. The van der Waals surface area contributed by atoms with Gasteiger partial charge in [-0.2, -0.15) is 0 Å². The Morgan fingerprint density at radius 1 is 1.18 bits per heavy atom. The molecule has 0 saturated carbocycles. The number of aryl methyl sites for hydroxylation is 1. The topological polar surface area (TPSA) is 114 Å². The molecule has 0 aromatic heterocycles. The average molecular weight is 474 g/mol. The molecule has 0 heterocycles. The van der Waals surface area contributed by atoms with E-state index >= 15 is 0 Å². The number of hydrogen-bond donors (Lipinski definition) is 2. The van der Waals surface area contributed by atoms with Crippen LogP contribution >= 0.6 is 0 Å². The van der Waals surface area contributed by atoms with Crippen LogP contribution in [0.1, 0.15) is 58.2 Å². The van der Waals surface area contributed by atoms with E-state index in [1.54, 1.807) is 58.9 Å². The van der Waals surface area contributed by atoms with Crippen LogP contribution in [0.3, 0.4) is 0 Å². The fourth-order valence-corrected chi connectivity index (χ4v) is 3.15. The van der Waals surface area contributed by atoms with Gasteiger partial charge in [0.2, 0.25) is 5.91 Å². The van der Waals surface area contributed by atoms with Gasteiger partial charge in [0.05, 0.1) is 7.11 Å². The Bertz CT molecular complexity index is 931. The summed E-state index contributed by atoms with van der Waals surface area (Å²) in [5.74, 6) is -2.28. The Morgan fingerprint density at radius 2 is 1.79 bits per heavy atom. The fraction of sp³-hybridized carbons (Fsp3) is 0.520. The highest BCUT2D eigenvalue weighted by atomic mass is 16.6. The molecular formula is C25H35N3O6. The third-order valence-electron chi connectivity index (χ3n) is 5.15. The number of ether oxygens (including phenoxy) is 2. The zero-order chi connectivity index (χ0) is 26.1. The maximum atomic E-state index is 13.6. The van der Waals surface area contributed by atoms with Crippen LogP contribution in [-0.4, -0.2) is 54.1 Å². The number of methoxy groups -OCH3 is 1. The molecule has 1 rings (SSSR count). The van der Waals surface area contributed by atoms with Crippen LogP contribution in [0.4, 0.5) is 4.79 Å². The van der Waals surface area contributed by atoms with Crippen molar-refractivity contribution in [3.8, 4) is 12.5 Å². The summed E-state index contributed by atoms with van der Waals surface area (Å²) in [5.41, 5.74) is 0.432. The number of nitrogens with zero attached hydrogens (tertiary/aromatic N) is 1. The molecule has 0 aliphatic carbocycles. The third-order valence-corrected chi connectivity index (χ3v) is 5.15. The van der Waals surface area contributed by atoms with Crippen molar-refractivity contribution in [3.63, 3.8) is 0 Å². The van der Waals surface area contributed by atoms with Gasteiger partial charge >= 0.3 is 12.1 Å². The van der Waals surface area contributed by atoms with Crippen molar-refractivity contribution in [2.45, 2.75) is 65.6 Å². The molecule has 0 bridgehead atoms. The molecule has 0 fully saturated rings. The summed E-state index contributed by atoms with van der Waals surface area (Å²) >= 11 is 0. The molecule has 186 valence electrons. The zero-order valence-electron chi connectivity index (χ0n) is 20.9. The number of alkyl carbamates (subject to hydrolysis) is 1. The number of carbonyl (C=O) groups is 4. The lowest BCUT2D eigenvalue weighted by Crippen LogP contribution is -2.54. The molecule has 0 aliphatic heterocycles. The van der Waals surface area contributed by atoms with E-state index in [-0.39, 0.29) is 5.92 Å². The van der Waals surface area contributed by atoms with E-state index < -0.39 is 48.1 Å². The van der Waals surface area contributed by atoms with Crippen LogP contribution in [0.25, 0.3) is 0 Å². The summed E-state index contributed by atoms with van der Waals surface area (Å²) in [6.45, 7) is 10.2. The quantitative estimate of drug-likeness (QED) is 0.324. The van der Waals surface area contributed by atoms with Gasteiger partial charge in [-0.1, -0.05) is 51.0 Å². The normalized spacial score (nSPS) is 13.5. The van der Waals surface area contributed by atoms with Gasteiger partial charge in [0, 0.05) is 6.04 Å². The standard InChI is InChI=1S/C25H35N3O6/c1-9-16(3)20(27-24(32)34-25(5,6)7)23(31)28(10-2)21(18-14-12-11-13-17(18)4)22(30)26-15-19(29)33-8/h2,11-14,16,20-21H,9,15H2,1,3-8H3,(H,26,30)(H,27,32). The third kappa shape index (κ3) is 8.10. The van der Waals surface area contributed by atoms with E-state index in [4.69, 9.17) is 11.2 Å². The predicted molar refractivity (Wildman–Crippen MR) is 127 cm³/mol. The van der Waals surface area contributed by atoms with Crippen molar-refractivity contribution in [1.29, 1.82) is 0 Å². The van der Waals surface area contributed by atoms with Gasteiger partial charge in [0.1, 0.15) is 24.2 Å². The van der Waals surface area contributed by atoms with Crippen molar-refractivity contribution in [1.82, 2.24) is 15.5 Å². The SMILES string of the molecule is C#CN(C(=O)C(NC(=O)OC(C)(C)C)C(C)CC)C(C(=O)NCC(=O)OC)c1ccccc1C. The number of rotatable bonds is 9. The Hall–Kier alpha value is -3.54. The maximum absolute atomic E-state index is 13.6. The predicted octanol–water partition coefficient (Wildman–Crippen LogP) is 2.68. The van der Waals surface area contributed by atoms with E-state index in [0.717, 1.165) is 4.90 Å². The van der Waals surface area contributed by atoms with Gasteiger partial charge < -0.3 is 20.1 Å². The van der Waals surface area contributed by atoms with Crippen molar-refractivity contribution in [2.75, 3.05) is 13.7 Å². The van der Waals surface area contributed by atoms with E-state index in [2.05, 4.69) is 21.4 Å². The van der Waals surface area contributed by atoms with Crippen LogP contribution in [0.5, 0.6) is 0 Å². The molecule has 0 spiro atoms. The van der Waals surface area contributed by atoms with Gasteiger partial charge in [0.25, 0.3) is 5.91 Å². The minimum Gasteiger partial charge on any atom is -0.468 e. The van der Waals surface area contributed by atoms with Crippen molar-refractivity contribution in [3.05, 3.63) is 35.4 Å². The lowest BCUT2D eigenvalue weighted by Gasteiger charge is -2.32. The van der Waals surface area contributed by atoms with Gasteiger partial charge in [-0.15, -0.1) is 0 Å². The average Bonchev–Trinajstić information content (AvgIpc) is 2.77. The van der Waals surface area contributed by atoms with Crippen LogP contribution in [0, 0.1) is 25.3 Å². The Labute approximate surface area is 201 Å². The van der Waals surface area contributed by atoms with E-state index in [1.807, 2.05) is 6.92 Å². The minimum absolute atomic E-state index is 0.313. The Morgan fingerprint density at radius 3 is 2.29 bits per heavy atom. The monoisotopic (exact) mass is 473 g/mol. The second kappa shape index (κ2) is 12.6. The van der Waals surface area contributed by atoms with E-state index in [9.17, 15) is 19.2 Å². The Balaban J connectivity index is 3.40. The summed E-state index contributed by atoms with van der Waals surface area (Å²) in [7, 11) is 1.20. The van der Waals surface area contributed by atoms with Gasteiger partial charge in [-0.05, 0) is 44.7 Å². The van der Waals surface area contributed by atoms with E-state index in [1.165, 1.54) is 7.11 Å². The summed E-state index contributed by atoms with van der Waals surface area (Å²) in [6.07, 6.45) is 5.51. The first-order chi connectivity index (χ1) is 15.9. The summed E-state index contributed by atoms with van der Waals surface area (Å²) in [5, 5.41) is 5.07. The summed E-state index contributed by atoms with van der Waals surface area (Å²) in [4.78, 5) is 51.8. The first-order valence-corrected chi connectivity index (χ1v) is 11.0. The molecule has 9 nitrogen and oxygen atoms in total. The maximum Gasteiger partial charge on any atom is 0.408 e. The molecule has 0 radical (unpaired) electrons. The van der Waals surface area contributed by atoms with Crippen molar-refractivity contribution >= 4 is 23.9 Å². The lowest BCUT2D eigenvalue weighted by molar-refractivity contribution is -0.143. The summed E-state index contributed by atoms with van der Waals surface area (Å²) in [6, 6.07) is 6.98. The lowest BCUT2D eigenvalue weighted by atomic mass is 9.95. The highest BCUT2D eigenvalue weighted by Gasteiger charge is 2.38. The van der Waals surface area contributed by atoms with Crippen LogP contribution in [0.15, 0.2) is 24.3 Å².